The quantitative estimate of drug-likeness (QED) is 0.652. The van der Waals surface area contributed by atoms with Gasteiger partial charge in [0.15, 0.2) is 0 Å². The number of rotatable bonds is 8. The first-order chi connectivity index (χ1) is 7.52. The van der Waals surface area contributed by atoms with Gasteiger partial charge in [-0.1, -0.05) is 20.3 Å². The SMILES string of the molecule is CCC[C@H](N)C(=O)NCCN(C)C(C)CC. The maximum atomic E-state index is 11.5. The van der Waals surface area contributed by atoms with Crippen molar-refractivity contribution in [2.75, 3.05) is 20.1 Å². The molecule has 3 N–H and O–H groups in total. The van der Waals surface area contributed by atoms with Crippen LogP contribution in [0.5, 0.6) is 0 Å². The third kappa shape index (κ3) is 6.08. The Bertz CT molecular complexity index is 197. The van der Waals surface area contributed by atoms with Gasteiger partial charge in [0.25, 0.3) is 0 Å². The molecule has 0 fully saturated rings. The second-order valence-electron chi connectivity index (χ2n) is 4.42. The van der Waals surface area contributed by atoms with Gasteiger partial charge in [-0.3, -0.25) is 4.79 Å². The predicted octanol–water partition coefficient (Wildman–Crippen LogP) is 0.960. The van der Waals surface area contributed by atoms with E-state index in [0.717, 1.165) is 25.8 Å². The molecule has 16 heavy (non-hydrogen) atoms. The van der Waals surface area contributed by atoms with Gasteiger partial charge < -0.3 is 16.0 Å². The maximum absolute atomic E-state index is 11.5. The van der Waals surface area contributed by atoms with E-state index in [1.165, 1.54) is 0 Å². The van der Waals surface area contributed by atoms with Crippen molar-refractivity contribution >= 4 is 5.91 Å². The first-order valence-electron chi connectivity index (χ1n) is 6.26. The number of hydrogen-bond acceptors (Lipinski definition) is 3. The zero-order valence-corrected chi connectivity index (χ0v) is 11.1. The molecule has 0 aromatic heterocycles. The van der Waals surface area contributed by atoms with E-state index >= 15 is 0 Å². The molecule has 2 atom stereocenters. The zero-order chi connectivity index (χ0) is 12.6. The molecule has 4 heteroatoms. The minimum Gasteiger partial charge on any atom is -0.353 e. The van der Waals surface area contributed by atoms with Crippen molar-refractivity contribution < 1.29 is 4.79 Å². The fourth-order valence-corrected chi connectivity index (χ4v) is 1.46. The van der Waals surface area contributed by atoms with Crippen LogP contribution in [0, 0.1) is 0 Å². The number of carbonyl (C=O) groups excluding carboxylic acids is 1. The normalized spacial score (nSPS) is 14.9. The van der Waals surface area contributed by atoms with E-state index in [0.29, 0.717) is 12.6 Å². The monoisotopic (exact) mass is 229 g/mol. The third-order valence-electron chi connectivity index (χ3n) is 3.04. The Labute approximate surface area is 99.6 Å². The Kier molecular flexibility index (Phi) is 8.21. The van der Waals surface area contributed by atoms with E-state index < -0.39 is 0 Å². The summed E-state index contributed by atoms with van der Waals surface area (Å²) >= 11 is 0. The van der Waals surface area contributed by atoms with Gasteiger partial charge in [-0.25, -0.2) is 0 Å². The standard InChI is InChI=1S/C12H27N3O/c1-5-7-11(13)12(16)14-8-9-15(4)10(3)6-2/h10-11H,5-9,13H2,1-4H3,(H,14,16)/t10?,11-/m0/s1. The van der Waals surface area contributed by atoms with E-state index in [2.05, 4.69) is 31.1 Å². The molecule has 0 bridgehead atoms. The van der Waals surface area contributed by atoms with Gasteiger partial charge in [0.05, 0.1) is 6.04 Å². The number of nitrogens with zero attached hydrogens (tertiary/aromatic N) is 1. The summed E-state index contributed by atoms with van der Waals surface area (Å²) in [5.74, 6) is -0.0283. The Morgan fingerprint density at radius 2 is 2.06 bits per heavy atom. The number of nitrogens with two attached hydrogens (primary N) is 1. The molecule has 0 spiro atoms. The third-order valence-corrected chi connectivity index (χ3v) is 3.04. The summed E-state index contributed by atoms with van der Waals surface area (Å²) in [5.41, 5.74) is 5.70. The van der Waals surface area contributed by atoms with E-state index in [1.807, 2.05) is 6.92 Å². The summed E-state index contributed by atoms with van der Waals surface area (Å²) in [4.78, 5) is 13.7. The molecule has 1 amide bonds. The van der Waals surface area contributed by atoms with Gasteiger partial charge in [-0.05, 0) is 26.8 Å². The lowest BCUT2D eigenvalue weighted by atomic mass is 10.2. The molecule has 0 heterocycles. The number of likely N-dealkylation sites (N-methyl/N-ethyl adjacent to an activating group) is 1. The Hall–Kier alpha value is -0.610. The molecule has 0 saturated heterocycles. The Balaban J connectivity index is 3.69. The highest BCUT2D eigenvalue weighted by Gasteiger charge is 2.12. The molecule has 0 aliphatic rings. The average molecular weight is 229 g/mol. The molecule has 0 rings (SSSR count). The van der Waals surface area contributed by atoms with Crippen LogP contribution in [0.4, 0.5) is 0 Å². The van der Waals surface area contributed by atoms with E-state index in [1.54, 1.807) is 0 Å². The van der Waals surface area contributed by atoms with Gasteiger partial charge in [0.2, 0.25) is 5.91 Å². The largest absolute Gasteiger partial charge is 0.353 e. The van der Waals surface area contributed by atoms with Crippen LogP contribution < -0.4 is 11.1 Å². The minimum absolute atomic E-state index is 0.0283. The molecule has 0 saturated carbocycles. The van der Waals surface area contributed by atoms with Crippen molar-refractivity contribution in [3.8, 4) is 0 Å². The summed E-state index contributed by atoms with van der Waals surface area (Å²) in [7, 11) is 2.08. The first-order valence-corrected chi connectivity index (χ1v) is 6.26. The molecule has 0 aromatic rings. The van der Waals surface area contributed by atoms with Crippen LogP contribution in [0.1, 0.15) is 40.0 Å². The number of amides is 1. The zero-order valence-electron chi connectivity index (χ0n) is 11.1. The minimum atomic E-state index is -0.348. The first kappa shape index (κ1) is 15.4. The van der Waals surface area contributed by atoms with Crippen LogP contribution in [-0.4, -0.2) is 43.0 Å². The van der Waals surface area contributed by atoms with Gasteiger partial charge in [0.1, 0.15) is 0 Å². The molecule has 0 aromatic carbocycles. The lowest BCUT2D eigenvalue weighted by Crippen LogP contribution is -2.44. The summed E-state index contributed by atoms with van der Waals surface area (Å²) in [6.45, 7) is 7.93. The summed E-state index contributed by atoms with van der Waals surface area (Å²) in [5, 5.41) is 2.87. The van der Waals surface area contributed by atoms with Crippen molar-refractivity contribution in [3.05, 3.63) is 0 Å². The summed E-state index contributed by atoms with van der Waals surface area (Å²) < 4.78 is 0. The van der Waals surface area contributed by atoms with Crippen LogP contribution in [0.25, 0.3) is 0 Å². The van der Waals surface area contributed by atoms with Crippen LogP contribution in [-0.2, 0) is 4.79 Å². The summed E-state index contributed by atoms with van der Waals surface area (Å²) in [6.07, 6.45) is 2.83. The van der Waals surface area contributed by atoms with Crippen LogP contribution in [0.2, 0.25) is 0 Å². The highest BCUT2D eigenvalue weighted by molar-refractivity contribution is 5.81. The smallest absolute Gasteiger partial charge is 0.236 e. The van der Waals surface area contributed by atoms with Crippen LogP contribution >= 0.6 is 0 Å². The second kappa shape index (κ2) is 8.53. The fourth-order valence-electron chi connectivity index (χ4n) is 1.46. The molecule has 0 aliphatic carbocycles. The van der Waals surface area contributed by atoms with Crippen molar-refractivity contribution in [2.24, 2.45) is 5.73 Å². The molecular weight excluding hydrogens is 202 g/mol. The topological polar surface area (TPSA) is 58.4 Å². The van der Waals surface area contributed by atoms with E-state index in [4.69, 9.17) is 5.73 Å². The average Bonchev–Trinajstić information content (AvgIpc) is 2.27. The molecule has 1 unspecified atom stereocenters. The van der Waals surface area contributed by atoms with Crippen molar-refractivity contribution in [1.82, 2.24) is 10.2 Å². The van der Waals surface area contributed by atoms with Crippen molar-refractivity contribution in [1.29, 1.82) is 0 Å². The molecule has 0 aliphatic heterocycles. The van der Waals surface area contributed by atoms with E-state index in [-0.39, 0.29) is 11.9 Å². The number of nitrogens with one attached hydrogen (secondary N) is 1. The number of hydrogen-bond donors (Lipinski definition) is 2. The van der Waals surface area contributed by atoms with Crippen LogP contribution in [0.3, 0.4) is 0 Å². The van der Waals surface area contributed by atoms with E-state index in [9.17, 15) is 4.79 Å². The molecular formula is C12H27N3O. The van der Waals surface area contributed by atoms with Gasteiger partial charge in [0, 0.05) is 19.1 Å². The molecule has 96 valence electrons. The van der Waals surface area contributed by atoms with Gasteiger partial charge >= 0.3 is 0 Å². The molecule has 4 nitrogen and oxygen atoms in total. The Morgan fingerprint density at radius 1 is 1.44 bits per heavy atom. The second-order valence-corrected chi connectivity index (χ2v) is 4.42. The Morgan fingerprint density at radius 3 is 2.56 bits per heavy atom. The predicted molar refractivity (Wildman–Crippen MR) is 68.3 cm³/mol. The number of carbonyl (C=O) groups is 1. The summed E-state index contributed by atoms with van der Waals surface area (Å²) in [6, 6.07) is 0.208. The fraction of sp³-hybridized carbons (Fsp3) is 0.917. The van der Waals surface area contributed by atoms with Gasteiger partial charge in [-0.15, -0.1) is 0 Å². The van der Waals surface area contributed by atoms with Crippen LogP contribution in [0.15, 0.2) is 0 Å². The lowest BCUT2D eigenvalue weighted by Gasteiger charge is -2.23. The van der Waals surface area contributed by atoms with Crippen molar-refractivity contribution in [3.63, 3.8) is 0 Å². The highest BCUT2D eigenvalue weighted by Crippen LogP contribution is 1.98. The maximum Gasteiger partial charge on any atom is 0.236 e. The van der Waals surface area contributed by atoms with Crippen molar-refractivity contribution in [2.45, 2.75) is 52.1 Å². The van der Waals surface area contributed by atoms with Gasteiger partial charge in [-0.2, -0.15) is 0 Å². The lowest BCUT2D eigenvalue weighted by molar-refractivity contribution is -0.122. The highest BCUT2D eigenvalue weighted by atomic mass is 16.2. The molecule has 0 radical (unpaired) electrons.